The summed E-state index contributed by atoms with van der Waals surface area (Å²) in [7, 11) is 0. The molecule has 6 N–H and O–H groups in total. The molecule has 1 atom stereocenters. The zero-order valence-electron chi connectivity index (χ0n) is 7.13. The topological polar surface area (TPSA) is 113 Å². The zero-order chi connectivity index (χ0) is 9.78. The Hall–Kier alpha value is -0.940. The number of nitrogens with one attached hydrogen (secondary N) is 1. The molecule has 0 saturated heterocycles. The monoisotopic (exact) mass is 173 g/mol. The maximum absolute atomic E-state index is 10.3. The molecule has 0 aliphatic carbocycles. The lowest BCUT2D eigenvalue weighted by Gasteiger charge is -2.22. The SMILES string of the molecule is CC(N)(CCN)CC(=N)C(=O)O. The smallest absolute Gasteiger partial charge is 0.349 e. The van der Waals surface area contributed by atoms with Crippen molar-refractivity contribution < 1.29 is 9.90 Å². The van der Waals surface area contributed by atoms with E-state index in [-0.39, 0.29) is 12.1 Å². The average molecular weight is 173 g/mol. The van der Waals surface area contributed by atoms with Crippen LogP contribution >= 0.6 is 0 Å². The molecule has 0 aliphatic heterocycles. The Labute approximate surface area is 71.2 Å². The summed E-state index contributed by atoms with van der Waals surface area (Å²) in [4.78, 5) is 10.3. The van der Waals surface area contributed by atoms with Gasteiger partial charge in [0.25, 0.3) is 0 Å². The Balaban J connectivity index is 4.05. The lowest BCUT2D eigenvalue weighted by atomic mass is 9.92. The van der Waals surface area contributed by atoms with E-state index < -0.39 is 11.5 Å². The van der Waals surface area contributed by atoms with E-state index in [1.807, 2.05) is 0 Å². The van der Waals surface area contributed by atoms with Gasteiger partial charge in [0.1, 0.15) is 5.71 Å². The molecule has 0 heterocycles. The molecule has 0 aromatic carbocycles. The van der Waals surface area contributed by atoms with Crippen molar-refractivity contribution in [2.75, 3.05) is 6.54 Å². The van der Waals surface area contributed by atoms with Gasteiger partial charge in [0, 0.05) is 12.0 Å². The number of nitrogens with two attached hydrogens (primary N) is 2. The third-order valence-corrected chi connectivity index (χ3v) is 1.55. The van der Waals surface area contributed by atoms with Crippen LogP contribution in [0, 0.1) is 5.41 Å². The van der Waals surface area contributed by atoms with Gasteiger partial charge in [0.05, 0.1) is 0 Å². The number of carbonyl (C=O) groups is 1. The fraction of sp³-hybridized carbons (Fsp3) is 0.714. The van der Waals surface area contributed by atoms with Gasteiger partial charge >= 0.3 is 5.97 Å². The van der Waals surface area contributed by atoms with Crippen LogP contribution in [0.15, 0.2) is 0 Å². The minimum Gasteiger partial charge on any atom is -0.477 e. The first-order valence-electron chi connectivity index (χ1n) is 3.69. The normalized spacial score (nSPS) is 15.2. The lowest BCUT2D eigenvalue weighted by Crippen LogP contribution is -2.41. The second-order valence-corrected chi connectivity index (χ2v) is 3.15. The first-order valence-corrected chi connectivity index (χ1v) is 3.69. The van der Waals surface area contributed by atoms with Crippen molar-refractivity contribution in [2.24, 2.45) is 11.5 Å². The molecule has 70 valence electrons. The number of aliphatic carboxylic acids is 1. The van der Waals surface area contributed by atoms with Crippen molar-refractivity contribution in [3.05, 3.63) is 0 Å². The van der Waals surface area contributed by atoms with E-state index in [9.17, 15) is 4.79 Å². The lowest BCUT2D eigenvalue weighted by molar-refractivity contribution is -0.129. The molecule has 0 aliphatic rings. The summed E-state index contributed by atoms with van der Waals surface area (Å²) < 4.78 is 0. The highest BCUT2D eigenvalue weighted by Gasteiger charge is 2.22. The third kappa shape index (κ3) is 4.05. The van der Waals surface area contributed by atoms with Crippen molar-refractivity contribution >= 4 is 11.7 Å². The van der Waals surface area contributed by atoms with Gasteiger partial charge in [0.2, 0.25) is 0 Å². The summed E-state index contributed by atoms with van der Waals surface area (Å²) in [6.07, 6.45) is 0.572. The molecule has 0 aromatic heterocycles. The van der Waals surface area contributed by atoms with E-state index in [0.717, 1.165) is 0 Å². The minimum absolute atomic E-state index is 0.0551. The van der Waals surface area contributed by atoms with Crippen molar-refractivity contribution in [3.63, 3.8) is 0 Å². The Kier molecular flexibility index (Phi) is 3.85. The Morgan fingerprint density at radius 2 is 2.17 bits per heavy atom. The van der Waals surface area contributed by atoms with Crippen LogP contribution in [0.3, 0.4) is 0 Å². The highest BCUT2D eigenvalue weighted by molar-refractivity contribution is 6.34. The highest BCUT2D eigenvalue weighted by Crippen LogP contribution is 2.10. The average Bonchev–Trinajstić information content (AvgIpc) is 1.85. The summed E-state index contributed by atoms with van der Waals surface area (Å²) >= 11 is 0. The molecule has 5 heteroatoms. The summed E-state index contributed by atoms with van der Waals surface area (Å²) in [5, 5.41) is 15.5. The molecule has 0 fully saturated rings. The fourth-order valence-electron chi connectivity index (χ4n) is 0.898. The fourth-order valence-corrected chi connectivity index (χ4v) is 0.898. The van der Waals surface area contributed by atoms with Gasteiger partial charge in [-0.3, -0.25) is 5.41 Å². The van der Waals surface area contributed by atoms with Gasteiger partial charge in [-0.25, -0.2) is 4.79 Å². The Morgan fingerprint density at radius 3 is 2.50 bits per heavy atom. The summed E-state index contributed by atoms with van der Waals surface area (Å²) in [6, 6.07) is 0. The summed E-state index contributed by atoms with van der Waals surface area (Å²) in [5.41, 5.74) is 9.91. The van der Waals surface area contributed by atoms with Crippen LogP contribution in [-0.4, -0.2) is 28.9 Å². The van der Waals surface area contributed by atoms with Crippen LogP contribution in [-0.2, 0) is 4.79 Å². The maximum Gasteiger partial charge on any atom is 0.349 e. The molecule has 0 bridgehead atoms. The van der Waals surface area contributed by atoms with Crippen LogP contribution in [0.5, 0.6) is 0 Å². The third-order valence-electron chi connectivity index (χ3n) is 1.55. The number of carboxylic acids is 1. The first kappa shape index (κ1) is 11.1. The predicted octanol–water partition coefficient (Wildman–Crippen LogP) is -0.453. The Bertz CT molecular complexity index is 189. The van der Waals surface area contributed by atoms with Crippen LogP contribution < -0.4 is 11.5 Å². The largest absolute Gasteiger partial charge is 0.477 e. The van der Waals surface area contributed by atoms with Gasteiger partial charge < -0.3 is 16.6 Å². The predicted molar refractivity (Wildman–Crippen MR) is 46.2 cm³/mol. The zero-order valence-corrected chi connectivity index (χ0v) is 7.13. The molecular formula is C7H15N3O2. The second-order valence-electron chi connectivity index (χ2n) is 3.15. The molecular weight excluding hydrogens is 158 g/mol. The van der Waals surface area contributed by atoms with E-state index in [1.165, 1.54) is 0 Å². The van der Waals surface area contributed by atoms with E-state index in [2.05, 4.69) is 0 Å². The summed E-state index contributed by atoms with van der Waals surface area (Å²) in [5.74, 6) is -1.22. The van der Waals surface area contributed by atoms with Crippen LogP contribution in [0.1, 0.15) is 19.8 Å². The van der Waals surface area contributed by atoms with Crippen molar-refractivity contribution in [2.45, 2.75) is 25.3 Å². The van der Waals surface area contributed by atoms with Crippen LogP contribution in [0.4, 0.5) is 0 Å². The van der Waals surface area contributed by atoms with E-state index in [0.29, 0.717) is 13.0 Å². The van der Waals surface area contributed by atoms with Gasteiger partial charge in [-0.1, -0.05) is 0 Å². The molecule has 5 nitrogen and oxygen atoms in total. The van der Waals surface area contributed by atoms with Crippen molar-refractivity contribution in [3.8, 4) is 0 Å². The van der Waals surface area contributed by atoms with Gasteiger partial charge in [-0.2, -0.15) is 0 Å². The number of hydrogen-bond donors (Lipinski definition) is 4. The quantitative estimate of drug-likeness (QED) is 0.421. The molecule has 0 spiro atoms. The maximum atomic E-state index is 10.3. The summed E-state index contributed by atoms with van der Waals surface area (Å²) in [6.45, 7) is 2.09. The van der Waals surface area contributed by atoms with E-state index in [1.54, 1.807) is 6.92 Å². The molecule has 1 unspecified atom stereocenters. The molecule has 0 rings (SSSR count). The molecule has 0 aromatic rings. The van der Waals surface area contributed by atoms with E-state index in [4.69, 9.17) is 22.0 Å². The van der Waals surface area contributed by atoms with Gasteiger partial charge in [-0.15, -0.1) is 0 Å². The molecule has 0 saturated carbocycles. The number of rotatable bonds is 5. The van der Waals surface area contributed by atoms with Crippen LogP contribution in [0.2, 0.25) is 0 Å². The van der Waals surface area contributed by atoms with Crippen molar-refractivity contribution in [1.29, 1.82) is 5.41 Å². The van der Waals surface area contributed by atoms with Crippen LogP contribution in [0.25, 0.3) is 0 Å². The number of hydrogen-bond acceptors (Lipinski definition) is 4. The van der Waals surface area contributed by atoms with Gasteiger partial charge in [-0.05, 0) is 19.9 Å². The minimum atomic E-state index is -1.22. The van der Waals surface area contributed by atoms with E-state index >= 15 is 0 Å². The van der Waals surface area contributed by atoms with Gasteiger partial charge in [0.15, 0.2) is 0 Å². The highest BCUT2D eigenvalue weighted by atomic mass is 16.4. The standard InChI is InChI=1S/C7H15N3O2/c1-7(10,2-3-8)4-5(9)6(11)12/h9H,2-4,8,10H2,1H3,(H,11,12). The Morgan fingerprint density at radius 1 is 1.67 bits per heavy atom. The molecule has 12 heavy (non-hydrogen) atoms. The first-order chi connectivity index (χ1) is 5.39. The molecule has 0 amide bonds. The second kappa shape index (κ2) is 4.18. The van der Waals surface area contributed by atoms with Crippen molar-refractivity contribution in [1.82, 2.24) is 0 Å². The molecule has 0 radical (unpaired) electrons. The number of carboxylic acid groups (broad SMARTS) is 1.